The van der Waals surface area contributed by atoms with E-state index in [1.54, 1.807) is 0 Å². The van der Waals surface area contributed by atoms with Crippen molar-refractivity contribution in [3.05, 3.63) is 34.4 Å². The van der Waals surface area contributed by atoms with E-state index in [2.05, 4.69) is 51.9 Å². The molecule has 1 unspecified atom stereocenters. The first-order chi connectivity index (χ1) is 6.99. The molecule has 0 aromatic heterocycles. The highest BCUT2D eigenvalue weighted by molar-refractivity contribution is 6.18. The highest BCUT2D eigenvalue weighted by Gasteiger charge is 2.16. The Hall–Kier alpha value is -0.530. The fourth-order valence-electron chi connectivity index (χ4n) is 1.84. The number of halogens is 1. The summed E-state index contributed by atoms with van der Waals surface area (Å²) in [7, 11) is 4.14. The van der Waals surface area contributed by atoms with Gasteiger partial charge in [0.2, 0.25) is 0 Å². The van der Waals surface area contributed by atoms with Crippen molar-refractivity contribution in [1.29, 1.82) is 0 Å². The summed E-state index contributed by atoms with van der Waals surface area (Å²) in [6, 6.07) is 4.69. The van der Waals surface area contributed by atoms with E-state index in [1.165, 1.54) is 22.3 Å². The Kier molecular flexibility index (Phi) is 4.18. The van der Waals surface area contributed by atoms with Crippen molar-refractivity contribution >= 4 is 11.6 Å². The molecule has 0 aliphatic carbocycles. The summed E-state index contributed by atoms with van der Waals surface area (Å²) in [6.45, 7) is 6.51. The zero-order valence-corrected chi connectivity index (χ0v) is 11.0. The molecule has 0 saturated carbocycles. The molecular formula is C13H20ClN. The van der Waals surface area contributed by atoms with Gasteiger partial charge in [-0.3, -0.25) is 0 Å². The molecule has 0 N–H and O–H groups in total. The number of hydrogen-bond donors (Lipinski definition) is 0. The van der Waals surface area contributed by atoms with Crippen LogP contribution in [0.3, 0.4) is 0 Å². The molecule has 1 nitrogen and oxygen atoms in total. The third-order valence-electron chi connectivity index (χ3n) is 3.23. The van der Waals surface area contributed by atoms with E-state index in [0.717, 1.165) is 0 Å². The SMILES string of the molecule is Cc1ccc(C(CCl)N(C)C)c(C)c1C. The fraction of sp³-hybridized carbons (Fsp3) is 0.538. The first kappa shape index (κ1) is 12.5. The van der Waals surface area contributed by atoms with Gasteiger partial charge in [-0.15, -0.1) is 11.6 Å². The third kappa shape index (κ3) is 2.53. The van der Waals surface area contributed by atoms with Gasteiger partial charge in [-0.2, -0.15) is 0 Å². The lowest BCUT2D eigenvalue weighted by Crippen LogP contribution is -2.22. The van der Waals surface area contributed by atoms with Gasteiger partial charge in [0.1, 0.15) is 0 Å². The Morgan fingerprint density at radius 2 is 1.73 bits per heavy atom. The molecule has 0 fully saturated rings. The Balaban J connectivity index is 3.19. The molecule has 1 aromatic carbocycles. The Morgan fingerprint density at radius 1 is 1.13 bits per heavy atom. The van der Waals surface area contributed by atoms with E-state index in [4.69, 9.17) is 11.6 Å². The van der Waals surface area contributed by atoms with Crippen LogP contribution in [0.1, 0.15) is 28.3 Å². The van der Waals surface area contributed by atoms with Gasteiger partial charge < -0.3 is 4.90 Å². The molecule has 1 atom stereocenters. The predicted molar refractivity (Wildman–Crippen MR) is 67.8 cm³/mol. The van der Waals surface area contributed by atoms with E-state index in [9.17, 15) is 0 Å². The van der Waals surface area contributed by atoms with Gasteiger partial charge in [0.05, 0.1) is 0 Å². The van der Waals surface area contributed by atoms with Crippen LogP contribution in [-0.2, 0) is 0 Å². The van der Waals surface area contributed by atoms with Crippen molar-refractivity contribution in [2.24, 2.45) is 0 Å². The zero-order valence-electron chi connectivity index (χ0n) is 10.3. The Labute approximate surface area is 98.0 Å². The maximum absolute atomic E-state index is 6.02. The van der Waals surface area contributed by atoms with E-state index in [-0.39, 0.29) is 0 Å². The molecule has 0 radical (unpaired) electrons. The molecule has 0 heterocycles. The minimum atomic E-state index is 0.311. The van der Waals surface area contributed by atoms with Gasteiger partial charge in [-0.25, -0.2) is 0 Å². The van der Waals surface area contributed by atoms with Crippen molar-refractivity contribution in [2.45, 2.75) is 26.8 Å². The van der Waals surface area contributed by atoms with Crippen LogP contribution in [0.5, 0.6) is 0 Å². The van der Waals surface area contributed by atoms with Crippen molar-refractivity contribution < 1.29 is 0 Å². The van der Waals surface area contributed by atoms with Gasteiger partial charge in [-0.1, -0.05) is 12.1 Å². The molecular weight excluding hydrogens is 206 g/mol. The highest BCUT2D eigenvalue weighted by Crippen LogP contribution is 2.26. The maximum Gasteiger partial charge on any atom is 0.0480 e. The van der Waals surface area contributed by atoms with Gasteiger partial charge in [0, 0.05) is 11.9 Å². The topological polar surface area (TPSA) is 3.24 Å². The van der Waals surface area contributed by atoms with E-state index in [1.807, 2.05) is 0 Å². The van der Waals surface area contributed by atoms with Crippen LogP contribution in [0.2, 0.25) is 0 Å². The average Bonchev–Trinajstić information content (AvgIpc) is 2.18. The molecule has 15 heavy (non-hydrogen) atoms. The van der Waals surface area contributed by atoms with E-state index < -0.39 is 0 Å². The second-order valence-corrected chi connectivity index (χ2v) is 4.66. The molecule has 0 aliphatic rings. The summed E-state index contributed by atoms with van der Waals surface area (Å²) in [5, 5.41) is 0. The monoisotopic (exact) mass is 225 g/mol. The summed E-state index contributed by atoms with van der Waals surface area (Å²) < 4.78 is 0. The normalized spacial score (nSPS) is 13.3. The van der Waals surface area contributed by atoms with Gasteiger partial charge in [0.25, 0.3) is 0 Å². The molecule has 0 amide bonds. The molecule has 84 valence electrons. The summed E-state index contributed by atoms with van der Waals surface area (Å²) in [5.74, 6) is 0.635. The van der Waals surface area contributed by atoms with Gasteiger partial charge in [-0.05, 0) is 57.1 Å². The average molecular weight is 226 g/mol. The van der Waals surface area contributed by atoms with Crippen molar-refractivity contribution in [3.63, 3.8) is 0 Å². The second-order valence-electron chi connectivity index (χ2n) is 4.36. The van der Waals surface area contributed by atoms with Crippen LogP contribution in [0.15, 0.2) is 12.1 Å². The van der Waals surface area contributed by atoms with Crippen LogP contribution in [-0.4, -0.2) is 24.9 Å². The standard InChI is InChI=1S/C13H20ClN/c1-9-6-7-12(11(3)10(9)2)13(8-14)15(4)5/h6-7,13H,8H2,1-5H3. The van der Waals surface area contributed by atoms with Crippen LogP contribution in [0.4, 0.5) is 0 Å². The van der Waals surface area contributed by atoms with E-state index in [0.29, 0.717) is 11.9 Å². The molecule has 0 aliphatic heterocycles. The van der Waals surface area contributed by atoms with Crippen molar-refractivity contribution in [1.82, 2.24) is 4.90 Å². The van der Waals surface area contributed by atoms with Crippen molar-refractivity contribution in [3.8, 4) is 0 Å². The largest absolute Gasteiger partial charge is 0.301 e. The Bertz CT molecular complexity index is 345. The van der Waals surface area contributed by atoms with Crippen LogP contribution < -0.4 is 0 Å². The van der Waals surface area contributed by atoms with Gasteiger partial charge >= 0.3 is 0 Å². The number of nitrogens with zero attached hydrogens (tertiary/aromatic N) is 1. The highest BCUT2D eigenvalue weighted by atomic mass is 35.5. The Morgan fingerprint density at radius 3 is 2.20 bits per heavy atom. The molecule has 0 saturated heterocycles. The summed E-state index contributed by atoms with van der Waals surface area (Å²) in [4.78, 5) is 2.17. The first-order valence-corrected chi connectivity index (χ1v) is 5.81. The second kappa shape index (κ2) is 5.00. The molecule has 2 heteroatoms. The number of aryl methyl sites for hydroxylation is 1. The summed E-state index contributed by atoms with van der Waals surface area (Å²) >= 11 is 6.02. The molecule has 0 bridgehead atoms. The van der Waals surface area contributed by atoms with Crippen LogP contribution >= 0.6 is 11.6 Å². The number of hydrogen-bond acceptors (Lipinski definition) is 1. The number of alkyl halides is 1. The van der Waals surface area contributed by atoms with E-state index >= 15 is 0 Å². The fourth-order valence-corrected chi connectivity index (χ4v) is 2.28. The minimum Gasteiger partial charge on any atom is -0.301 e. The van der Waals surface area contributed by atoms with Crippen LogP contribution in [0, 0.1) is 20.8 Å². The quantitative estimate of drug-likeness (QED) is 0.713. The summed E-state index contributed by atoms with van der Waals surface area (Å²) in [6.07, 6.45) is 0. The lowest BCUT2D eigenvalue weighted by Gasteiger charge is -2.25. The number of rotatable bonds is 3. The zero-order chi connectivity index (χ0) is 11.6. The van der Waals surface area contributed by atoms with Crippen LogP contribution in [0.25, 0.3) is 0 Å². The first-order valence-electron chi connectivity index (χ1n) is 5.28. The van der Waals surface area contributed by atoms with Crippen molar-refractivity contribution in [2.75, 3.05) is 20.0 Å². The lowest BCUT2D eigenvalue weighted by molar-refractivity contribution is 0.323. The lowest BCUT2D eigenvalue weighted by atomic mass is 9.94. The summed E-state index contributed by atoms with van der Waals surface area (Å²) in [5.41, 5.74) is 5.44. The molecule has 1 aromatic rings. The molecule has 1 rings (SSSR count). The maximum atomic E-state index is 6.02. The third-order valence-corrected chi connectivity index (χ3v) is 3.52. The smallest absolute Gasteiger partial charge is 0.0480 e. The van der Waals surface area contributed by atoms with Gasteiger partial charge in [0.15, 0.2) is 0 Å². The number of benzene rings is 1. The predicted octanol–water partition coefficient (Wildman–Crippen LogP) is 3.45. The minimum absolute atomic E-state index is 0.311. The molecule has 0 spiro atoms.